The van der Waals surface area contributed by atoms with Gasteiger partial charge >= 0.3 is 0 Å². The zero-order valence-electron chi connectivity index (χ0n) is 16.0. The summed E-state index contributed by atoms with van der Waals surface area (Å²) in [5.41, 5.74) is 3.15. The van der Waals surface area contributed by atoms with Gasteiger partial charge in [0.05, 0.1) is 10.0 Å². The van der Waals surface area contributed by atoms with Crippen LogP contribution >= 0.6 is 23.2 Å². The lowest BCUT2D eigenvalue weighted by molar-refractivity contribution is -0.121. The minimum atomic E-state index is -0.281. The molecule has 0 bridgehead atoms. The topological polar surface area (TPSA) is 101 Å². The van der Waals surface area contributed by atoms with E-state index < -0.39 is 0 Å². The van der Waals surface area contributed by atoms with Gasteiger partial charge in [-0.15, -0.1) is 0 Å². The number of carbonyl (C=O) groups is 2. The first-order valence-corrected chi connectivity index (χ1v) is 9.78. The summed E-state index contributed by atoms with van der Waals surface area (Å²) in [4.78, 5) is 32.7. The number of nitrogens with one attached hydrogen (secondary N) is 2. The molecule has 2 N–H and O–H groups in total. The molecule has 0 spiro atoms. The number of aromatic nitrogens is 4. The molecule has 0 saturated heterocycles. The van der Waals surface area contributed by atoms with E-state index in [0.717, 1.165) is 17.0 Å². The van der Waals surface area contributed by atoms with Crippen LogP contribution in [-0.4, -0.2) is 44.5 Å². The van der Waals surface area contributed by atoms with Crippen molar-refractivity contribution >= 4 is 40.8 Å². The molecule has 2 heterocycles. The molecule has 29 heavy (non-hydrogen) atoms. The van der Waals surface area contributed by atoms with Crippen LogP contribution in [0.4, 0.5) is 0 Å². The average molecular weight is 435 g/mol. The molecule has 0 aliphatic carbocycles. The number of fused-ring (bicyclic) bond motifs is 1. The summed E-state index contributed by atoms with van der Waals surface area (Å²) in [5, 5.41) is 10.4. The predicted molar refractivity (Wildman–Crippen MR) is 110 cm³/mol. The molecule has 152 valence electrons. The maximum atomic E-state index is 12.1. The molecular weight excluding hydrogens is 415 g/mol. The van der Waals surface area contributed by atoms with Crippen molar-refractivity contribution in [3.8, 4) is 0 Å². The molecule has 3 rings (SSSR count). The summed E-state index contributed by atoms with van der Waals surface area (Å²) in [5.74, 6) is 0.161. The molecule has 10 heteroatoms. The van der Waals surface area contributed by atoms with Crippen molar-refractivity contribution in [2.24, 2.45) is 0 Å². The zero-order chi connectivity index (χ0) is 21.0. The maximum absolute atomic E-state index is 12.1. The molecule has 0 saturated carbocycles. The van der Waals surface area contributed by atoms with Crippen LogP contribution in [-0.2, 0) is 11.2 Å². The van der Waals surface area contributed by atoms with E-state index in [1.54, 1.807) is 16.6 Å². The van der Waals surface area contributed by atoms with Gasteiger partial charge in [0.1, 0.15) is 6.33 Å². The monoisotopic (exact) mass is 434 g/mol. The Morgan fingerprint density at radius 2 is 1.86 bits per heavy atom. The summed E-state index contributed by atoms with van der Waals surface area (Å²) in [6.07, 6.45) is 2.31. The van der Waals surface area contributed by atoms with Gasteiger partial charge < -0.3 is 10.6 Å². The average Bonchev–Trinajstić information content (AvgIpc) is 3.15. The second-order valence-electron chi connectivity index (χ2n) is 6.47. The summed E-state index contributed by atoms with van der Waals surface area (Å²) < 4.78 is 1.67. The second kappa shape index (κ2) is 9.19. The van der Waals surface area contributed by atoms with Gasteiger partial charge in [-0.2, -0.15) is 10.1 Å². The molecule has 0 atom stereocenters. The fourth-order valence-electron chi connectivity index (χ4n) is 2.96. The molecular formula is C19H20Cl2N6O2. The molecule has 8 nitrogen and oxygen atoms in total. The van der Waals surface area contributed by atoms with Gasteiger partial charge in [0.25, 0.3) is 11.7 Å². The third kappa shape index (κ3) is 5.02. The Bertz CT molecular complexity index is 1070. The van der Waals surface area contributed by atoms with Crippen molar-refractivity contribution in [2.75, 3.05) is 13.1 Å². The van der Waals surface area contributed by atoms with E-state index in [2.05, 4.69) is 25.7 Å². The Hall–Kier alpha value is -2.71. The first-order chi connectivity index (χ1) is 13.9. The second-order valence-corrected chi connectivity index (χ2v) is 7.28. The number of aryl methyl sites for hydroxylation is 2. The van der Waals surface area contributed by atoms with Crippen molar-refractivity contribution < 1.29 is 9.59 Å². The molecule has 3 aromatic rings. The van der Waals surface area contributed by atoms with Crippen molar-refractivity contribution in [2.45, 2.75) is 26.7 Å². The van der Waals surface area contributed by atoms with Crippen molar-refractivity contribution in [3.05, 3.63) is 57.1 Å². The molecule has 0 unspecified atom stereocenters. The molecule has 2 aromatic heterocycles. The fraction of sp³-hybridized carbons (Fsp3) is 0.316. The van der Waals surface area contributed by atoms with E-state index >= 15 is 0 Å². The largest absolute Gasteiger partial charge is 0.354 e. The number of hydrogen-bond acceptors (Lipinski definition) is 5. The van der Waals surface area contributed by atoms with E-state index in [1.165, 1.54) is 12.4 Å². The minimum absolute atomic E-state index is 0.105. The van der Waals surface area contributed by atoms with Crippen LogP contribution in [0.5, 0.6) is 0 Å². The zero-order valence-corrected chi connectivity index (χ0v) is 17.5. The summed E-state index contributed by atoms with van der Waals surface area (Å²) in [6, 6.07) is 4.66. The van der Waals surface area contributed by atoms with Gasteiger partial charge in [-0.1, -0.05) is 23.2 Å². The Balaban J connectivity index is 1.45. The maximum Gasteiger partial charge on any atom is 0.252 e. The summed E-state index contributed by atoms with van der Waals surface area (Å²) >= 11 is 11.8. The van der Waals surface area contributed by atoms with Gasteiger partial charge in [0, 0.05) is 36.5 Å². The Morgan fingerprint density at radius 1 is 1.10 bits per heavy atom. The van der Waals surface area contributed by atoms with Crippen LogP contribution in [0.3, 0.4) is 0 Å². The van der Waals surface area contributed by atoms with Crippen molar-refractivity contribution in [1.29, 1.82) is 0 Å². The van der Waals surface area contributed by atoms with Crippen LogP contribution < -0.4 is 10.6 Å². The van der Waals surface area contributed by atoms with Gasteiger partial charge in [-0.25, -0.2) is 9.50 Å². The smallest absolute Gasteiger partial charge is 0.252 e. The summed E-state index contributed by atoms with van der Waals surface area (Å²) in [6.45, 7) is 4.45. The first kappa shape index (κ1) is 21.0. The number of benzene rings is 1. The van der Waals surface area contributed by atoms with E-state index in [4.69, 9.17) is 23.2 Å². The highest BCUT2D eigenvalue weighted by Gasteiger charge is 2.13. The molecule has 0 radical (unpaired) electrons. The normalized spacial score (nSPS) is 10.9. The number of halogens is 2. The quantitative estimate of drug-likeness (QED) is 0.556. The highest BCUT2D eigenvalue weighted by atomic mass is 35.5. The van der Waals surface area contributed by atoms with Crippen molar-refractivity contribution in [1.82, 2.24) is 30.2 Å². The Morgan fingerprint density at radius 3 is 2.62 bits per heavy atom. The Labute approximate surface area is 177 Å². The molecule has 0 fully saturated rings. The number of amides is 2. The first-order valence-electron chi connectivity index (χ1n) is 9.02. The van der Waals surface area contributed by atoms with Crippen LogP contribution in [0.25, 0.3) is 5.78 Å². The van der Waals surface area contributed by atoms with E-state index in [0.29, 0.717) is 47.3 Å². The SMILES string of the molecule is Cc1nc2ncnn2c(C)c1CCC(=O)NCCNC(=O)c1ccc(Cl)c(Cl)c1. The lowest BCUT2D eigenvalue weighted by Crippen LogP contribution is -2.34. The number of rotatable bonds is 7. The third-order valence-corrected chi connectivity index (χ3v) is 5.24. The van der Waals surface area contributed by atoms with Crippen molar-refractivity contribution in [3.63, 3.8) is 0 Å². The third-order valence-electron chi connectivity index (χ3n) is 4.51. The van der Waals surface area contributed by atoms with E-state index in [-0.39, 0.29) is 11.8 Å². The lowest BCUT2D eigenvalue weighted by atomic mass is 10.1. The van der Waals surface area contributed by atoms with Crippen LogP contribution in [0, 0.1) is 13.8 Å². The highest BCUT2D eigenvalue weighted by molar-refractivity contribution is 6.42. The number of carbonyl (C=O) groups excluding carboxylic acids is 2. The standard InChI is InChI=1S/C19H20Cl2N6O2/c1-11-14(12(2)27-19(26-11)24-10-25-27)4-6-17(28)22-7-8-23-18(29)13-3-5-15(20)16(21)9-13/h3,5,9-10H,4,6-8H2,1-2H3,(H,22,28)(H,23,29). The minimum Gasteiger partial charge on any atom is -0.354 e. The number of hydrogen-bond donors (Lipinski definition) is 2. The number of nitrogens with zero attached hydrogens (tertiary/aromatic N) is 4. The molecule has 1 aromatic carbocycles. The van der Waals surface area contributed by atoms with Crippen LogP contribution in [0.2, 0.25) is 10.0 Å². The van der Waals surface area contributed by atoms with Gasteiger partial charge in [0.2, 0.25) is 5.91 Å². The van der Waals surface area contributed by atoms with Gasteiger partial charge in [0.15, 0.2) is 0 Å². The lowest BCUT2D eigenvalue weighted by Gasteiger charge is -2.11. The predicted octanol–water partition coefficient (Wildman–Crippen LogP) is 2.53. The van der Waals surface area contributed by atoms with E-state index in [1.807, 2.05) is 13.8 Å². The fourth-order valence-corrected chi connectivity index (χ4v) is 3.26. The highest BCUT2D eigenvalue weighted by Crippen LogP contribution is 2.22. The van der Waals surface area contributed by atoms with Gasteiger partial charge in [-0.3, -0.25) is 9.59 Å². The van der Waals surface area contributed by atoms with Gasteiger partial charge in [-0.05, 0) is 44.0 Å². The molecule has 0 aliphatic heterocycles. The Kier molecular flexibility index (Phi) is 6.66. The van der Waals surface area contributed by atoms with E-state index in [9.17, 15) is 9.59 Å². The molecule has 2 amide bonds. The van der Waals surface area contributed by atoms with Crippen LogP contribution in [0.15, 0.2) is 24.5 Å². The summed E-state index contributed by atoms with van der Waals surface area (Å²) in [7, 11) is 0. The van der Waals surface area contributed by atoms with Crippen LogP contribution in [0.1, 0.15) is 33.7 Å². The molecule has 0 aliphatic rings.